The number of aromatic nitrogens is 2. The number of aliphatic hydroxyl groups excluding tert-OH is 1. The Kier molecular flexibility index (Phi) is 5.73. The van der Waals surface area contributed by atoms with Crippen LogP contribution >= 0.6 is 11.8 Å². The average molecular weight is 241 g/mol. The van der Waals surface area contributed by atoms with Crippen molar-refractivity contribution in [2.75, 3.05) is 12.4 Å². The predicted octanol–water partition coefficient (Wildman–Crippen LogP) is 1.45. The van der Waals surface area contributed by atoms with E-state index >= 15 is 0 Å². The quantitative estimate of drug-likeness (QED) is 0.558. The van der Waals surface area contributed by atoms with E-state index in [4.69, 9.17) is 10.8 Å². The highest BCUT2D eigenvalue weighted by Crippen LogP contribution is 2.19. The van der Waals surface area contributed by atoms with Crippen LogP contribution in [0.4, 0.5) is 0 Å². The Hall–Kier alpha value is -0.650. The molecule has 0 saturated heterocycles. The molecule has 16 heavy (non-hydrogen) atoms. The zero-order valence-corrected chi connectivity index (χ0v) is 10.4. The summed E-state index contributed by atoms with van der Waals surface area (Å²) >= 11 is 1.67. The number of rotatable bonds is 7. The summed E-state index contributed by atoms with van der Waals surface area (Å²) in [6, 6.07) is 0. The fourth-order valence-corrected chi connectivity index (χ4v) is 2.10. The number of hydrogen-bond acceptors (Lipinski definition) is 5. The molecule has 0 aliphatic carbocycles. The van der Waals surface area contributed by atoms with E-state index < -0.39 is 5.54 Å². The topological polar surface area (TPSA) is 72.0 Å². The highest BCUT2D eigenvalue weighted by molar-refractivity contribution is 7.99. The zero-order chi connectivity index (χ0) is 11.9. The largest absolute Gasteiger partial charge is 0.394 e. The summed E-state index contributed by atoms with van der Waals surface area (Å²) in [7, 11) is 0. The molecule has 0 spiro atoms. The number of nitrogens with two attached hydrogens (primary N) is 1. The molecule has 0 aromatic carbocycles. The van der Waals surface area contributed by atoms with Crippen LogP contribution in [-0.4, -0.2) is 33.0 Å². The Morgan fingerprint density at radius 1 is 1.50 bits per heavy atom. The van der Waals surface area contributed by atoms with Crippen molar-refractivity contribution in [2.45, 2.75) is 36.8 Å². The first-order valence-corrected chi connectivity index (χ1v) is 6.47. The minimum Gasteiger partial charge on any atom is -0.394 e. The first-order valence-electron chi connectivity index (χ1n) is 5.49. The molecule has 0 aliphatic rings. The van der Waals surface area contributed by atoms with Crippen LogP contribution in [0.15, 0.2) is 23.6 Å². The van der Waals surface area contributed by atoms with E-state index in [0.29, 0.717) is 0 Å². The maximum absolute atomic E-state index is 9.15. The molecule has 1 rings (SSSR count). The molecule has 90 valence electrons. The van der Waals surface area contributed by atoms with Crippen molar-refractivity contribution in [1.29, 1.82) is 0 Å². The van der Waals surface area contributed by atoms with Crippen LogP contribution < -0.4 is 5.73 Å². The van der Waals surface area contributed by atoms with Gasteiger partial charge in [0.1, 0.15) is 5.03 Å². The van der Waals surface area contributed by atoms with Gasteiger partial charge in [0.25, 0.3) is 0 Å². The van der Waals surface area contributed by atoms with Gasteiger partial charge in [0, 0.05) is 17.9 Å². The van der Waals surface area contributed by atoms with Gasteiger partial charge >= 0.3 is 0 Å². The lowest BCUT2D eigenvalue weighted by Gasteiger charge is -2.25. The van der Waals surface area contributed by atoms with Gasteiger partial charge in [-0.25, -0.2) is 4.98 Å². The van der Waals surface area contributed by atoms with Gasteiger partial charge in [-0.15, -0.1) is 11.8 Å². The van der Waals surface area contributed by atoms with Gasteiger partial charge < -0.3 is 10.8 Å². The molecule has 0 bridgehead atoms. The lowest BCUT2D eigenvalue weighted by Crippen LogP contribution is -2.42. The van der Waals surface area contributed by atoms with E-state index in [0.717, 1.165) is 30.0 Å². The van der Waals surface area contributed by atoms with Crippen LogP contribution in [0.2, 0.25) is 0 Å². The van der Waals surface area contributed by atoms with Crippen molar-refractivity contribution in [2.24, 2.45) is 5.73 Å². The number of thioether (sulfide) groups is 1. The van der Waals surface area contributed by atoms with Gasteiger partial charge in [-0.05, 0) is 25.0 Å². The van der Waals surface area contributed by atoms with Crippen molar-refractivity contribution in [3.63, 3.8) is 0 Å². The first kappa shape index (κ1) is 13.4. The number of aliphatic hydroxyl groups is 1. The number of nitrogens with zero attached hydrogens (tertiary/aromatic N) is 2. The molecule has 4 nitrogen and oxygen atoms in total. The molecule has 0 amide bonds. The highest BCUT2D eigenvalue weighted by atomic mass is 32.2. The van der Waals surface area contributed by atoms with E-state index in [1.54, 1.807) is 30.4 Å². The third-order valence-corrected chi connectivity index (χ3v) is 3.63. The fraction of sp³-hybridized carbons (Fsp3) is 0.636. The van der Waals surface area contributed by atoms with Gasteiger partial charge in [-0.1, -0.05) is 6.92 Å². The Labute approximate surface area is 101 Å². The molecular formula is C11H19N3OS. The molecule has 1 atom stereocenters. The molecule has 0 fully saturated rings. The van der Waals surface area contributed by atoms with Crippen molar-refractivity contribution >= 4 is 11.8 Å². The average Bonchev–Trinajstić information content (AvgIpc) is 2.36. The second-order valence-corrected chi connectivity index (χ2v) is 4.98. The summed E-state index contributed by atoms with van der Waals surface area (Å²) in [5, 5.41) is 10.1. The summed E-state index contributed by atoms with van der Waals surface area (Å²) < 4.78 is 0. The summed E-state index contributed by atoms with van der Waals surface area (Å²) in [5.74, 6) is 0.956. The SMILES string of the molecule is CCC(N)(CO)CCCSc1cnccn1. The summed E-state index contributed by atoms with van der Waals surface area (Å²) in [6.45, 7) is 2.06. The van der Waals surface area contributed by atoms with E-state index in [9.17, 15) is 0 Å². The fourth-order valence-electron chi connectivity index (χ4n) is 1.33. The molecule has 0 radical (unpaired) electrons. The molecule has 0 saturated carbocycles. The molecule has 5 heteroatoms. The summed E-state index contributed by atoms with van der Waals surface area (Å²) in [6.07, 6.45) is 7.73. The predicted molar refractivity (Wildman–Crippen MR) is 66.3 cm³/mol. The van der Waals surface area contributed by atoms with Crippen LogP contribution in [0.5, 0.6) is 0 Å². The van der Waals surface area contributed by atoms with E-state index in [2.05, 4.69) is 9.97 Å². The first-order chi connectivity index (χ1) is 7.70. The van der Waals surface area contributed by atoms with Crippen molar-refractivity contribution in [3.8, 4) is 0 Å². The molecule has 1 aromatic heterocycles. The molecule has 1 unspecified atom stereocenters. The van der Waals surface area contributed by atoms with Gasteiger partial charge in [0.2, 0.25) is 0 Å². The molecule has 1 heterocycles. The smallest absolute Gasteiger partial charge is 0.114 e. The zero-order valence-electron chi connectivity index (χ0n) is 9.59. The Bertz CT molecular complexity index is 291. The lowest BCUT2D eigenvalue weighted by molar-refractivity contribution is 0.182. The van der Waals surface area contributed by atoms with E-state index in [-0.39, 0.29) is 6.61 Å². The number of hydrogen-bond donors (Lipinski definition) is 2. The van der Waals surface area contributed by atoms with E-state index in [1.807, 2.05) is 6.92 Å². The molecule has 0 aliphatic heterocycles. The second-order valence-electron chi connectivity index (χ2n) is 3.87. The van der Waals surface area contributed by atoms with Crippen molar-refractivity contribution in [3.05, 3.63) is 18.6 Å². The van der Waals surface area contributed by atoms with Crippen LogP contribution in [0.3, 0.4) is 0 Å². The lowest BCUT2D eigenvalue weighted by atomic mass is 9.93. The van der Waals surface area contributed by atoms with Gasteiger partial charge in [-0.3, -0.25) is 4.98 Å². The van der Waals surface area contributed by atoms with Gasteiger partial charge in [-0.2, -0.15) is 0 Å². The minimum absolute atomic E-state index is 0.0549. The maximum atomic E-state index is 9.15. The van der Waals surface area contributed by atoms with Crippen LogP contribution in [0.25, 0.3) is 0 Å². The monoisotopic (exact) mass is 241 g/mol. The summed E-state index contributed by atoms with van der Waals surface area (Å²) in [4.78, 5) is 8.17. The van der Waals surface area contributed by atoms with Crippen LogP contribution in [-0.2, 0) is 0 Å². The van der Waals surface area contributed by atoms with Crippen LogP contribution in [0.1, 0.15) is 26.2 Å². The molecule has 3 N–H and O–H groups in total. The third kappa shape index (κ3) is 4.47. The standard InChI is InChI=1S/C11H19N3OS/c1-2-11(12,9-15)4-3-7-16-10-8-13-5-6-14-10/h5-6,8,15H,2-4,7,9,12H2,1H3. The van der Waals surface area contributed by atoms with Crippen LogP contribution in [0, 0.1) is 0 Å². The van der Waals surface area contributed by atoms with Crippen molar-refractivity contribution < 1.29 is 5.11 Å². The molecular weight excluding hydrogens is 222 g/mol. The second kappa shape index (κ2) is 6.83. The Balaban J connectivity index is 2.22. The Morgan fingerprint density at radius 2 is 2.31 bits per heavy atom. The maximum Gasteiger partial charge on any atom is 0.114 e. The Morgan fingerprint density at radius 3 is 2.88 bits per heavy atom. The van der Waals surface area contributed by atoms with Gasteiger partial charge in [0.15, 0.2) is 0 Å². The molecule has 1 aromatic rings. The third-order valence-electron chi connectivity index (χ3n) is 2.63. The van der Waals surface area contributed by atoms with Gasteiger partial charge in [0.05, 0.1) is 12.8 Å². The van der Waals surface area contributed by atoms with Crippen molar-refractivity contribution in [1.82, 2.24) is 9.97 Å². The summed E-state index contributed by atoms with van der Waals surface area (Å²) in [5.41, 5.74) is 5.58. The minimum atomic E-state index is -0.414. The normalized spacial score (nSPS) is 14.7. The van der Waals surface area contributed by atoms with E-state index in [1.165, 1.54) is 0 Å². The highest BCUT2D eigenvalue weighted by Gasteiger charge is 2.20.